The Morgan fingerprint density at radius 2 is 1.95 bits per heavy atom. The van der Waals surface area contributed by atoms with Crippen LogP contribution in [0.4, 0.5) is 5.69 Å². The van der Waals surface area contributed by atoms with Crippen molar-refractivity contribution in [3.05, 3.63) is 63.6 Å². The topological polar surface area (TPSA) is 55.1 Å². The highest BCUT2D eigenvalue weighted by atomic mass is 35.5. The minimum atomic E-state index is -0.661. The molecule has 2 rings (SSSR count). The molecule has 2 aromatic carbocycles. The van der Waals surface area contributed by atoms with E-state index in [2.05, 4.69) is 5.32 Å². The lowest BCUT2D eigenvalue weighted by atomic mass is 10.0. The molecule has 20 heavy (non-hydrogen) atoms. The molecule has 104 valence electrons. The number of amides is 1. The van der Waals surface area contributed by atoms with E-state index >= 15 is 0 Å². The molecule has 2 aromatic rings. The Balaban J connectivity index is 2.32. The number of halogens is 2. The molecule has 5 heteroatoms. The van der Waals surface area contributed by atoms with Gasteiger partial charge < -0.3 is 11.1 Å². The summed E-state index contributed by atoms with van der Waals surface area (Å²) in [5, 5.41) is 4.25. The molecule has 1 amide bonds. The predicted molar refractivity (Wildman–Crippen MR) is 83.2 cm³/mol. The summed E-state index contributed by atoms with van der Waals surface area (Å²) in [6.07, 6.45) is 0. The van der Waals surface area contributed by atoms with Crippen LogP contribution in [0.5, 0.6) is 0 Å². The average molecular weight is 309 g/mol. The third kappa shape index (κ3) is 3.44. The summed E-state index contributed by atoms with van der Waals surface area (Å²) >= 11 is 12.0. The third-order valence-corrected chi connectivity index (χ3v) is 3.59. The van der Waals surface area contributed by atoms with Crippen LogP contribution in [-0.4, -0.2) is 5.91 Å². The molecule has 0 aliphatic heterocycles. The molecular formula is C15H14Cl2N2O. The van der Waals surface area contributed by atoms with Crippen LogP contribution in [0.25, 0.3) is 0 Å². The van der Waals surface area contributed by atoms with E-state index < -0.39 is 11.9 Å². The summed E-state index contributed by atoms with van der Waals surface area (Å²) < 4.78 is 0. The molecule has 0 aliphatic rings. The molecule has 0 aliphatic carbocycles. The zero-order valence-corrected chi connectivity index (χ0v) is 12.4. The van der Waals surface area contributed by atoms with Crippen LogP contribution < -0.4 is 11.1 Å². The number of rotatable bonds is 4. The van der Waals surface area contributed by atoms with Gasteiger partial charge in [-0.2, -0.15) is 0 Å². The Bertz CT molecular complexity index is 644. The Morgan fingerprint density at radius 3 is 2.55 bits per heavy atom. The second kappa shape index (κ2) is 6.16. The molecule has 1 atom stereocenters. The molecule has 0 radical (unpaired) electrons. The first-order chi connectivity index (χ1) is 9.47. The lowest BCUT2D eigenvalue weighted by Gasteiger charge is -2.18. The molecule has 0 aromatic heterocycles. The van der Waals surface area contributed by atoms with Gasteiger partial charge in [0.2, 0.25) is 5.91 Å². The van der Waals surface area contributed by atoms with Crippen molar-refractivity contribution >= 4 is 34.8 Å². The number of carbonyl (C=O) groups excluding carboxylic acids is 1. The van der Waals surface area contributed by atoms with Gasteiger partial charge in [-0.05, 0) is 42.3 Å². The first-order valence-electron chi connectivity index (χ1n) is 6.05. The predicted octanol–water partition coefficient (Wildman–Crippen LogP) is 3.94. The number of nitrogens with two attached hydrogens (primary N) is 1. The molecular weight excluding hydrogens is 295 g/mol. The zero-order valence-electron chi connectivity index (χ0n) is 10.9. The maximum Gasteiger partial charge on any atom is 0.244 e. The monoisotopic (exact) mass is 308 g/mol. The van der Waals surface area contributed by atoms with E-state index in [0.29, 0.717) is 15.6 Å². The van der Waals surface area contributed by atoms with Gasteiger partial charge in [-0.3, -0.25) is 4.79 Å². The largest absolute Gasteiger partial charge is 0.370 e. The van der Waals surface area contributed by atoms with Crippen molar-refractivity contribution in [1.82, 2.24) is 0 Å². The first-order valence-corrected chi connectivity index (χ1v) is 6.80. The molecule has 3 nitrogen and oxygen atoms in total. The van der Waals surface area contributed by atoms with Crippen molar-refractivity contribution in [2.24, 2.45) is 5.73 Å². The van der Waals surface area contributed by atoms with Crippen LogP contribution in [0.1, 0.15) is 17.2 Å². The highest BCUT2D eigenvalue weighted by Gasteiger charge is 2.18. The van der Waals surface area contributed by atoms with Gasteiger partial charge in [0.15, 0.2) is 0 Å². The molecule has 0 saturated heterocycles. The minimum Gasteiger partial charge on any atom is -0.370 e. The second-order valence-corrected chi connectivity index (χ2v) is 5.34. The van der Waals surface area contributed by atoms with E-state index in [9.17, 15) is 4.79 Å². The fraction of sp³-hybridized carbons (Fsp3) is 0.133. The quantitative estimate of drug-likeness (QED) is 0.899. The van der Waals surface area contributed by atoms with E-state index in [1.807, 2.05) is 25.1 Å². The van der Waals surface area contributed by atoms with Gasteiger partial charge in [0.1, 0.15) is 6.04 Å². The molecule has 3 N–H and O–H groups in total. The Hall–Kier alpha value is -1.71. The fourth-order valence-corrected chi connectivity index (χ4v) is 2.23. The van der Waals surface area contributed by atoms with Gasteiger partial charge in [-0.1, -0.05) is 41.4 Å². The Labute approximate surface area is 127 Å². The number of hydrogen-bond acceptors (Lipinski definition) is 2. The third-order valence-electron chi connectivity index (χ3n) is 2.95. The van der Waals surface area contributed by atoms with Crippen molar-refractivity contribution in [3.63, 3.8) is 0 Å². The van der Waals surface area contributed by atoms with Crippen molar-refractivity contribution in [3.8, 4) is 0 Å². The highest BCUT2D eigenvalue weighted by molar-refractivity contribution is 6.31. The van der Waals surface area contributed by atoms with Gasteiger partial charge in [-0.25, -0.2) is 0 Å². The lowest BCUT2D eigenvalue weighted by Crippen LogP contribution is -2.27. The van der Waals surface area contributed by atoms with Gasteiger partial charge in [0, 0.05) is 15.7 Å². The maximum absolute atomic E-state index is 11.7. The first kappa shape index (κ1) is 14.7. The smallest absolute Gasteiger partial charge is 0.244 e. The van der Waals surface area contributed by atoms with Crippen LogP contribution in [0.15, 0.2) is 42.5 Å². The summed E-state index contributed by atoms with van der Waals surface area (Å²) in [6, 6.07) is 11.9. The number of hydrogen-bond donors (Lipinski definition) is 2. The Morgan fingerprint density at radius 1 is 1.20 bits per heavy atom. The summed E-state index contributed by atoms with van der Waals surface area (Å²) in [5.74, 6) is -0.482. The van der Waals surface area contributed by atoms with Gasteiger partial charge in [0.25, 0.3) is 0 Å². The minimum absolute atomic E-state index is 0.482. The summed E-state index contributed by atoms with van der Waals surface area (Å²) in [7, 11) is 0. The second-order valence-electron chi connectivity index (χ2n) is 4.50. The lowest BCUT2D eigenvalue weighted by molar-refractivity contribution is -0.118. The molecule has 0 heterocycles. The normalized spacial score (nSPS) is 11.9. The van der Waals surface area contributed by atoms with Crippen molar-refractivity contribution in [2.45, 2.75) is 13.0 Å². The number of carbonyl (C=O) groups is 1. The number of primary amides is 1. The zero-order chi connectivity index (χ0) is 14.7. The molecule has 0 fully saturated rings. The SMILES string of the molecule is Cc1ccc(C(Nc2cccc(Cl)c2)C(N)=O)cc1Cl. The van der Waals surface area contributed by atoms with E-state index in [1.54, 1.807) is 24.3 Å². The Kier molecular flexibility index (Phi) is 4.53. The van der Waals surface area contributed by atoms with Crippen molar-refractivity contribution in [2.75, 3.05) is 5.32 Å². The summed E-state index contributed by atoms with van der Waals surface area (Å²) in [4.78, 5) is 11.7. The number of anilines is 1. The van der Waals surface area contributed by atoms with Crippen LogP contribution >= 0.6 is 23.2 Å². The standard InChI is InChI=1S/C15H14Cl2N2O/c1-9-5-6-10(7-13(9)17)14(15(18)20)19-12-4-2-3-11(16)8-12/h2-8,14,19H,1H3,(H2,18,20). The summed E-state index contributed by atoms with van der Waals surface area (Å²) in [5.41, 5.74) is 7.85. The van der Waals surface area contributed by atoms with Crippen molar-refractivity contribution < 1.29 is 4.79 Å². The maximum atomic E-state index is 11.7. The van der Waals surface area contributed by atoms with Crippen LogP contribution in [0, 0.1) is 6.92 Å². The van der Waals surface area contributed by atoms with E-state index in [1.165, 1.54) is 0 Å². The van der Waals surface area contributed by atoms with Crippen LogP contribution in [0.3, 0.4) is 0 Å². The summed E-state index contributed by atoms with van der Waals surface area (Å²) in [6.45, 7) is 1.90. The van der Waals surface area contributed by atoms with E-state index in [4.69, 9.17) is 28.9 Å². The van der Waals surface area contributed by atoms with Gasteiger partial charge >= 0.3 is 0 Å². The van der Waals surface area contributed by atoms with E-state index in [0.717, 1.165) is 11.3 Å². The van der Waals surface area contributed by atoms with Crippen LogP contribution in [-0.2, 0) is 4.79 Å². The number of nitrogens with one attached hydrogen (secondary N) is 1. The highest BCUT2D eigenvalue weighted by Crippen LogP contribution is 2.25. The van der Waals surface area contributed by atoms with Gasteiger partial charge in [0.05, 0.1) is 0 Å². The molecule has 1 unspecified atom stereocenters. The van der Waals surface area contributed by atoms with Gasteiger partial charge in [-0.15, -0.1) is 0 Å². The fourth-order valence-electron chi connectivity index (χ4n) is 1.85. The number of aryl methyl sites for hydroxylation is 1. The number of benzene rings is 2. The van der Waals surface area contributed by atoms with Crippen LogP contribution in [0.2, 0.25) is 10.0 Å². The van der Waals surface area contributed by atoms with Crippen molar-refractivity contribution in [1.29, 1.82) is 0 Å². The molecule has 0 saturated carbocycles. The van der Waals surface area contributed by atoms with E-state index in [-0.39, 0.29) is 0 Å². The molecule has 0 bridgehead atoms. The average Bonchev–Trinajstić information content (AvgIpc) is 2.39. The molecule has 0 spiro atoms.